The molecule has 0 heteroatoms. The highest BCUT2D eigenvalue weighted by atomic mass is 14.4. The van der Waals surface area contributed by atoms with E-state index in [1.165, 1.54) is 103 Å². The van der Waals surface area contributed by atoms with E-state index in [0.717, 1.165) is 59.2 Å². The van der Waals surface area contributed by atoms with Crippen LogP contribution in [0.5, 0.6) is 0 Å². The second kappa shape index (κ2) is 22.7. The van der Waals surface area contributed by atoms with E-state index < -0.39 is 0 Å². The highest BCUT2D eigenvalue weighted by Crippen LogP contribution is 2.43. The van der Waals surface area contributed by atoms with Crippen LogP contribution in [0.15, 0.2) is 0 Å². The van der Waals surface area contributed by atoms with E-state index >= 15 is 0 Å². The molecule has 0 nitrogen and oxygen atoms in total. The van der Waals surface area contributed by atoms with E-state index in [0.29, 0.717) is 0 Å². The monoisotopic (exact) mass is 535 g/mol. The molecule has 0 radical (unpaired) electrons. The van der Waals surface area contributed by atoms with Crippen LogP contribution in [-0.4, -0.2) is 0 Å². The molecule has 0 spiro atoms. The van der Waals surface area contributed by atoms with Gasteiger partial charge in [0.25, 0.3) is 0 Å². The second-order valence-corrected chi connectivity index (χ2v) is 14.0. The lowest BCUT2D eigenvalue weighted by molar-refractivity contribution is 0.105. The Hall–Kier alpha value is 0. The van der Waals surface area contributed by atoms with Gasteiger partial charge in [-0.15, -0.1) is 0 Å². The summed E-state index contributed by atoms with van der Waals surface area (Å²) < 4.78 is 0. The van der Waals surface area contributed by atoms with Gasteiger partial charge in [-0.2, -0.15) is 0 Å². The van der Waals surface area contributed by atoms with Crippen molar-refractivity contribution >= 4 is 0 Å². The first kappa shape index (κ1) is 38.0. The Morgan fingerprint density at radius 2 is 0.684 bits per heavy atom. The minimum absolute atomic E-state index is 0.851. The van der Waals surface area contributed by atoms with Gasteiger partial charge >= 0.3 is 0 Å². The summed E-state index contributed by atoms with van der Waals surface area (Å²) in [5.41, 5.74) is 0. The first-order valence-electron chi connectivity index (χ1n) is 18.2. The van der Waals surface area contributed by atoms with Crippen molar-refractivity contribution in [1.82, 2.24) is 0 Å². The summed E-state index contributed by atoms with van der Waals surface area (Å²) >= 11 is 0. The lowest BCUT2D eigenvalue weighted by Gasteiger charge is -2.40. The third kappa shape index (κ3) is 13.6. The van der Waals surface area contributed by atoms with Gasteiger partial charge < -0.3 is 0 Å². The average molecular weight is 535 g/mol. The molecule has 0 heterocycles. The molecule has 0 saturated carbocycles. The maximum absolute atomic E-state index is 2.68. The Morgan fingerprint density at radius 1 is 0.342 bits per heavy atom. The van der Waals surface area contributed by atoms with Gasteiger partial charge in [0, 0.05) is 0 Å². The van der Waals surface area contributed by atoms with Crippen LogP contribution >= 0.6 is 0 Å². The first-order chi connectivity index (χ1) is 18.2. The van der Waals surface area contributed by atoms with Gasteiger partial charge in [0.05, 0.1) is 0 Å². The van der Waals surface area contributed by atoms with Crippen LogP contribution in [0.4, 0.5) is 0 Å². The van der Waals surface area contributed by atoms with Gasteiger partial charge in [0.1, 0.15) is 0 Å². The molecule has 0 bridgehead atoms. The Bertz CT molecular complexity index is 508. The predicted octanol–water partition coefficient (Wildman–Crippen LogP) is 13.6. The van der Waals surface area contributed by atoms with Crippen molar-refractivity contribution in [3.05, 3.63) is 0 Å². The zero-order valence-electron chi connectivity index (χ0n) is 29.1. The smallest absolute Gasteiger partial charge is 0.0360 e. The second-order valence-electron chi connectivity index (χ2n) is 14.0. The van der Waals surface area contributed by atoms with E-state index in [1.807, 2.05) is 0 Å². The third-order valence-electron chi connectivity index (χ3n) is 11.6. The van der Waals surface area contributed by atoms with Gasteiger partial charge in [-0.25, -0.2) is 0 Å². The maximum atomic E-state index is 2.68. The topological polar surface area (TPSA) is 0 Å². The molecule has 0 aliphatic carbocycles. The summed E-state index contributed by atoms with van der Waals surface area (Å²) in [4.78, 5) is 0. The lowest BCUT2D eigenvalue weighted by Crippen LogP contribution is -2.30. The molecule has 0 saturated heterocycles. The normalized spacial score (nSPS) is 20.2. The average Bonchev–Trinajstić information content (AvgIpc) is 2.93. The van der Waals surface area contributed by atoms with Gasteiger partial charge in [-0.05, 0) is 84.9 Å². The standard InChI is InChI=1S/C38H78/c1-13-22-32(16-4)35(19-7)26-30(11)38(28-37(21-9)33(17-5)23-14-2)31(12)27-36(20-8)34(18-6)25-24-29(10)15-3/h29-38H,13-28H2,1-12H3. The minimum Gasteiger partial charge on any atom is -0.0654 e. The molecule has 0 aromatic rings. The fourth-order valence-corrected chi connectivity index (χ4v) is 8.52. The number of rotatable bonds is 25. The Balaban J connectivity index is 5.92. The number of hydrogen-bond donors (Lipinski definition) is 0. The van der Waals surface area contributed by atoms with Crippen LogP contribution < -0.4 is 0 Å². The van der Waals surface area contributed by atoms with E-state index in [2.05, 4.69) is 83.1 Å². The van der Waals surface area contributed by atoms with Crippen molar-refractivity contribution in [1.29, 1.82) is 0 Å². The molecule has 0 amide bonds. The molecule has 0 rings (SSSR count). The molecule has 230 valence electrons. The van der Waals surface area contributed by atoms with Crippen LogP contribution in [0.1, 0.15) is 186 Å². The maximum Gasteiger partial charge on any atom is -0.0360 e. The molecule has 10 atom stereocenters. The molecule has 0 N–H and O–H groups in total. The van der Waals surface area contributed by atoms with Crippen molar-refractivity contribution < 1.29 is 0 Å². The summed E-state index contributed by atoms with van der Waals surface area (Å²) in [5.74, 6) is 9.02. The van der Waals surface area contributed by atoms with Crippen molar-refractivity contribution in [3.8, 4) is 0 Å². The Labute approximate surface area is 244 Å². The number of hydrogen-bond acceptors (Lipinski definition) is 0. The van der Waals surface area contributed by atoms with Crippen LogP contribution in [0, 0.1) is 59.2 Å². The predicted molar refractivity (Wildman–Crippen MR) is 177 cm³/mol. The van der Waals surface area contributed by atoms with Gasteiger partial charge in [0.2, 0.25) is 0 Å². The zero-order chi connectivity index (χ0) is 29.1. The molecule has 0 fully saturated rings. The van der Waals surface area contributed by atoms with Crippen LogP contribution in [0.25, 0.3) is 0 Å². The first-order valence-corrected chi connectivity index (χ1v) is 18.2. The molecule has 38 heavy (non-hydrogen) atoms. The third-order valence-corrected chi connectivity index (χ3v) is 11.6. The fraction of sp³-hybridized carbons (Fsp3) is 1.00. The SMILES string of the molecule is CCCC(CC)C(CC)CC(C)C(CC(CC)C(CC)CCC)C(C)CC(CC)C(CC)CCC(C)CC. The van der Waals surface area contributed by atoms with Gasteiger partial charge in [-0.1, -0.05) is 160 Å². The molecular weight excluding hydrogens is 456 g/mol. The van der Waals surface area contributed by atoms with E-state index in [1.54, 1.807) is 0 Å². The molecule has 0 aliphatic rings. The van der Waals surface area contributed by atoms with E-state index in [9.17, 15) is 0 Å². The van der Waals surface area contributed by atoms with Gasteiger partial charge in [0.15, 0.2) is 0 Å². The minimum atomic E-state index is 0.851. The van der Waals surface area contributed by atoms with Crippen molar-refractivity contribution in [3.63, 3.8) is 0 Å². The Kier molecular flexibility index (Phi) is 22.7. The summed E-state index contributed by atoms with van der Waals surface area (Å²) in [5, 5.41) is 0. The van der Waals surface area contributed by atoms with Crippen LogP contribution in [-0.2, 0) is 0 Å². The molecule has 0 aromatic carbocycles. The van der Waals surface area contributed by atoms with Crippen LogP contribution in [0.2, 0.25) is 0 Å². The zero-order valence-corrected chi connectivity index (χ0v) is 29.1. The summed E-state index contributed by atoms with van der Waals surface area (Å²) in [6.45, 7) is 29.9. The van der Waals surface area contributed by atoms with Crippen molar-refractivity contribution in [2.24, 2.45) is 59.2 Å². The highest BCUT2D eigenvalue weighted by Gasteiger charge is 2.33. The molecular formula is C38H78. The van der Waals surface area contributed by atoms with E-state index in [4.69, 9.17) is 0 Å². The van der Waals surface area contributed by atoms with Gasteiger partial charge in [-0.3, -0.25) is 0 Å². The quantitative estimate of drug-likeness (QED) is 0.109. The summed E-state index contributed by atoms with van der Waals surface area (Å²) in [6, 6.07) is 0. The molecule has 0 aromatic heterocycles. The van der Waals surface area contributed by atoms with Crippen LogP contribution in [0.3, 0.4) is 0 Å². The highest BCUT2D eigenvalue weighted by molar-refractivity contribution is 4.83. The lowest BCUT2D eigenvalue weighted by atomic mass is 9.66. The fourth-order valence-electron chi connectivity index (χ4n) is 8.52. The largest absolute Gasteiger partial charge is 0.0654 e. The summed E-state index contributed by atoms with van der Waals surface area (Å²) in [7, 11) is 0. The van der Waals surface area contributed by atoms with Crippen molar-refractivity contribution in [2.75, 3.05) is 0 Å². The van der Waals surface area contributed by atoms with Crippen molar-refractivity contribution in [2.45, 2.75) is 186 Å². The molecule has 10 unspecified atom stereocenters. The summed E-state index contributed by atoms with van der Waals surface area (Å²) in [6.07, 6.45) is 22.5. The molecule has 0 aliphatic heterocycles. The van der Waals surface area contributed by atoms with E-state index in [-0.39, 0.29) is 0 Å². The Morgan fingerprint density at radius 3 is 1.00 bits per heavy atom.